The van der Waals surface area contributed by atoms with Crippen molar-refractivity contribution in [2.45, 2.75) is 0 Å². The first-order valence-electron chi connectivity index (χ1n) is 9.35. The zero-order valence-electron chi connectivity index (χ0n) is 17.3. The molecule has 0 spiro atoms. The highest BCUT2D eigenvalue weighted by Gasteiger charge is 2.32. The fourth-order valence-electron chi connectivity index (χ4n) is 2.79. The number of methoxy groups -OCH3 is 2. The number of hydrogen-bond donors (Lipinski definition) is 1. The van der Waals surface area contributed by atoms with E-state index in [-0.39, 0.29) is 29.8 Å². The van der Waals surface area contributed by atoms with Crippen molar-refractivity contribution in [2.24, 2.45) is 4.99 Å². The van der Waals surface area contributed by atoms with Crippen molar-refractivity contribution in [2.75, 3.05) is 31.4 Å². The Balaban J connectivity index is 1.93. The molecule has 0 aromatic heterocycles. The van der Waals surface area contributed by atoms with Gasteiger partial charge in [0.05, 0.1) is 36.8 Å². The summed E-state index contributed by atoms with van der Waals surface area (Å²) in [6, 6.07) is 14.0. The lowest BCUT2D eigenvalue weighted by Gasteiger charge is -2.18. The minimum atomic E-state index is -0.356. The molecule has 164 valence electrons. The number of nitrogens with one attached hydrogen (secondary N) is 1. The fourth-order valence-corrected chi connectivity index (χ4v) is 3.82. The molecule has 0 atom stereocenters. The number of amides is 2. The zero-order valence-corrected chi connectivity index (χ0v) is 18.9. The molecule has 3 rings (SSSR count). The number of amidine groups is 1. The third-order valence-electron chi connectivity index (χ3n) is 4.34. The molecule has 1 aliphatic rings. The highest BCUT2D eigenvalue weighted by atomic mass is 35.5. The lowest BCUT2D eigenvalue weighted by molar-refractivity contribution is -0.118. The van der Waals surface area contributed by atoms with E-state index in [0.717, 1.165) is 17.3 Å². The number of carbonyl (C=O) groups excluding carboxylic acids is 2. The Hall–Kier alpha value is -3.48. The third-order valence-corrected chi connectivity index (χ3v) is 5.59. The van der Waals surface area contributed by atoms with Crippen LogP contribution < -0.4 is 19.7 Å². The first-order chi connectivity index (χ1) is 15.5. The molecule has 0 radical (unpaired) electrons. The Kier molecular flexibility index (Phi) is 7.76. The van der Waals surface area contributed by atoms with E-state index in [2.05, 4.69) is 10.3 Å². The normalized spacial score (nSPS) is 14.2. The molecule has 10 heteroatoms. The predicted octanol–water partition coefficient (Wildman–Crippen LogP) is 3.47. The van der Waals surface area contributed by atoms with Gasteiger partial charge in [0.15, 0.2) is 5.17 Å². The van der Waals surface area contributed by atoms with E-state index >= 15 is 0 Å². The Morgan fingerprint density at radius 1 is 1.25 bits per heavy atom. The van der Waals surface area contributed by atoms with Crippen LogP contribution in [-0.2, 0) is 9.59 Å². The molecule has 8 nitrogen and oxygen atoms in total. The summed E-state index contributed by atoms with van der Waals surface area (Å²) < 4.78 is 10.4. The summed E-state index contributed by atoms with van der Waals surface area (Å²) in [5.41, 5.74) is 1.48. The van der Waals surface area contributed by atoms with Crippen molar-refractivity contribution < 1.29 is 19.1 Å². The van der Waals surface area contributed by atoms with Crippen molar-refractivity contribution in [1.82, 2.24) is 5.32 Å². The van der Waals surface area contributed by atoms with Gasteiger partial charge in [-0.3, -0.25) is 14.5 Å². The van der Waals surface area contributed by atoms with Crippen LogP contribution in [-0.4, -0.2) is 43.5 Å². The van der Waals surface area contributed by atoms with Gasteiger partial charge in [-0.15, -0.1) is 0 Å². The van der Waals surface area contributed by atoms with Crippen molar-refractivity contribution in [3.63, 3.8) is 0 Å². The number of benzene rings is 2. The van der Waals surface area contributed by atoms with Crippen LogP contribution in [0.25, 0.3) is 6.08 Å². The van der Waals surface area contributed by atoms with E-state index < -0.39 is 0 Å². The highest BCUT2D eigenvalue weighted by Crippen LogP contribution is 2.34. The summed E-state index contributed by atoms with van der Waals surface area (Å²) in [4.78, 5) is 31.0. The third kappa shape index (κ3) is 5.41. The van der Waals surface area contributed by atoms with Crippen molar-refractivity contribution in [3.05, 3.63) is 58.7 Å². The molecule has 1 aliphatic heterocycles. The van der Waals surface area contributed by atoms with Gasteiger partial charge in [0.25, 0.3) is 5.91 Å². The van der Waals surface area contributed by atoms with E-state index in [9.17, 15) is 9.59 Å². The number of ether oxygens (including phenoxy) is 2. The van der Waals surface area contributed by atoms with E-state index in [4.69, 9.17) is 26.3 Å². The van der Waals surface area contributed by atoms with Gasteiger partial charge in [0.2, 0.25) is 5.91 Å². The second-order valence-corrected chi connectivity index (χ2v) is 7.73. The van der Waals surface area contributed by atoms with Crippen LogP contribution >= 0.6 is 23.4 Å². The van der Waals surface area contributed by atoms with Crippen LogP contribution in [0.15, 0.2) is 53.2 Å². The molecule has 1 N–H and O–H groups in total. The van der Waals surface area contributed by atoms with Gasteiger partial charge < -0.3 is 14.8 Å². The summed E-state index contributed by atoms with van der Waals surface area (Å²) in [6.07, 6.45) is 1.66. The maximum absolute atomic E-state index is 13.2. The molecule has 32 heavy (non-hydrogen) atoms. The molecule has 2 amide bonds. The maximum atomic E-state index is 13.2. The average molecular weight is 471 g/mol. The van der Waals surface area contributed by atoms with Gasteiger partial charge in [-0.25, -0.2) is 4.99 Å². The molecule has 1 heterocycles. The van der Waals surface area contributed by atoms with E-state index in [1.165, 1.54) is 12.0 Å². The minimum absolute atomic E-state index is 0.00909. The predicted molar refractivity (Wildman–Crippen MR) is 125 cm³/mol. The van der Waals surface area contributed by atoms with Crippen molar-refractivity contribution >= 4 is 52.1 Å². The molecule has 2 aromatic carbocycles. The lowest BCUT2D eigenvalue weighted by atomic mass is 10.2. The first-order valence-corrected chi connectivity index (χ1v) is 10.7. The van der Waals surface area contributed by atoms with Crippen LogP contribution in [0.3, 0.4) is 0 Å². The van der Waals surface area contributed by atoms with Gasteiger partial charge in [0, 0.05) is 6.07 Å². The number of nitrogens with zero attached hydrogens (tertiary/aromatic N) is 3. The SMILES string of the molecule is COc1ccc(/C=C2\N=C(SCC(=O)NCC#N)N(c3ccc(Cl)c(OC)c3)C2=O)cc1. The highest BCUT2D eigenvalue weighted by molar-refractivity contribution is 8.14. The minimum Gasteiger partial charge on any atom is -0.497 e. The maximum Gasteiger partial charge on any atom is 0.283 e. The number of thioether (sulfide) groups is 1. The van der Waals surface area contributed by atoms with Crippen LogP contribution in [0, 0.1) is 11.3 Å². The van der Waals surface area contributed by atoms with Crippen molar-refractivity contribution in [3.8, 4) is 17.6 Å². The Morgan fingerprint density at radius 2 is 2.00 bits per heavy atom. The van der Waals surface area contributed by atoms with Gasteiger partial charge in [0.1, 0.15) is 23.7 Å². The summed E-state index contributed by atoms with van der Waals surface area (Å²) in [6.45, 7) is -0.0917. The largest absolute Gasteiger partial charge is 0.497 e. The van der Waals surface area contributed by atoms with Crippen molar-refractivity contribution in [1.29, 1.82) is 5.26 Å². The quantitative estimate of drug-likeness (QED) is 0.490. The fraction of sp³-hybridized carbons (Fsp3) is 0.182. The first kappa shape index (κ1) is 23.2. The topological polar surface area (TPSA) is 104 Å². The molecular weight excluding hydrogens is 452 g/mol. The molecule has 0 fully saturated rings. The number of hydrogen-bond acceptors (Lipinski definition) is 7. The molecule has 0 saturated carbocycles. The van der Waals surface area contributed by atoms with Gasteiger partial charge in [-0.1, -0.05) is 35.5 Å². The molecule has 0 saturated heterocycles. The number of anilines is 1. The Labute approximate surface area is 194 Å². The molecule has 2 aromatic rings. The number of nitriles is 1. The smallest absolute Gasteiger partial charge is 0.283 e. The van der Waals surface area contributed by atoms with Crippen LogP contribution in [0.5, 0.6) is 11.5 Å². The van der Waals surface area contributed by atoms with Gasteiger partial charge in [-0.05, 0) is 35.9 Å². The van der Waals surface area contributed by atoms with Crippen LogP contribution in [0.4, 0.5) is 5.69 Å². The zero-order chi connectivity index (χ0) is 23.1. The molecule has 0 bridgehead atoms. The van der Waals surface area contributed by atoms with Crippen LogP contribution in [0.2, 0.25) is 5.02 Å². The summed E-state index contributed by atoms with van der Waals surface area (Å²) in [7, 11) is 3.06. The lowest BCUT2D eigenvalue weighted by Crippen LogP contribution is -2.32. The Bertz CT molecular complexity index is 1130. The Morgan fingerprint density at radius 3 is 2.66 bits per heavy atom. The van der Waals surface area contributed by atoms with Crippen LogP contribution in [0.1, 0.15) is 5.56 Å². The average Bonchev–Trinajstić information content (AvgIpc) is 3.12. The monoisotopic (exact) mass is 470 g/mol. The second-order valence-electron chi connectivity index (χ2n) is 6.38. The molecular formula is C22H19ClN4O4S. The van der Waals surface area contributed by atoms with Gasteiger partial charge in [-0.2, -0.15) is 5.26 Å². The standard InChI is InChI=1S/C22H19ClN4O4S/c1-30-16-6-3-14(4-7-16)11-18-21(29)27(15-5-8-17(23)19(12-15)31-2)22(26-18)32-13-20(28)25-10-9-24/h3-8,11-12H,10,13H2,1-2H3,(H,25,28)/b18-11-. The number of aliphatic imine (C=N–C) groups is 1. The van der Waals surface area contributed by atoms with E-state index in [0.29, 0.717) is 27.4 Å². The number of halogens is 1. The molecule has 0 unspecified atom stereocenters. The second kappa shape index (κ2) is 10.7. The van der Waals surface area contributed by atoms with E-state index in [1.54, 1.807) is 43.5 Å². The number of carbonyl (C=O) groups is 2. The molecule has 0 aliphatic carbocycles. The summed E-state index contributed by atoms with van der Waals surface area (Å²) in [5, 5.41) is 11.8. The van der Waals surface area contributed by atoms with E-state index in [1.807, 2.05) is 18.2 Å². The number of rotatable bonds is 7. The summed E-state index contributed by atoms with van der Waals surface area (Å²) >= 11 is 7.21. The summed E-state index contributed by atoms with van der Waals surface area (Å²) in [5.74, 6) is 0.395. The van der Waals surface area contributed by atoms with Gasteiger partial charge >= 0.3 is 0 Å².